The lowest BCUT2D eigenvalue weighted by molar-refractivity contribution is -0.138. The Morgan fingerprint density at radius 2 is 2.08 bits per heavy atom. The van der Waals surface area contributed by atoms with E-state index in [2.05, 4.69) is 0 Å². The monoisotopic (exact) mass is 353 g/mol. The lowest BCUT2D eigenvalue weighted by atomic mass is 10.1. The molecule has 128 valence electrons. The zero-order valence-electron chi connectivity index (χ0n) is 13.0. The van der Waals surface area contributed by atoms with Crippen LogP contribution in [0.2, 0.25) is 5.02 Å². The van der Waals surface area contributed by atoms with Gasteiger partial charge in [-0.15, -0.1) is 0 Å². The molecule has 0 heterocycles. The van der Waals surface area contributed by atoms with Crippen molar-refractivity contribution in [3.63, 3.8) is 0 Å². The van der Waals surface area contributed by atoms with Crippen molar-refractivity contribution in [3.8, 4) is 11.5 Å². The molecule has 1 unspecified atom stereocenters. The number of carboxylic acids is 1. The number of halogens is 2. The van der Waals surface area contributed by atoms with Crippen molar-refractivity contribution in [1.29, 1.82) is 0 Å². The number of rotatable bonds is 7. The average Bonchev–Trinajstić information content (AvgIpc) is 2.55. The van der Waals surface area contributed by atoms with E-state index in [9.17, 15) is 9.18 Å². The molecule has 0 amide bonds. The Bertz CT molecular complexity index is 718. The molecule has 0 aromatic heterocycles. The van der Waals surface area contributed by atoms with E-state index in [1.165, 1.54) is 19.2 Å². The fourth-order valence-corrected chi connectivity index (χ4v) is 2.34. The zero-order chi connectivity index (χ0) is 17.7. The van der Waals surface area contributed by atoms with E-state index in [0.29, 0.717) is 17.1 Å². The summed E-state index contributed by atoms with van der Waals surface area (Å²) in [5, 5.41) is 9.13. The number of nitrogens with two attached hydrogens (primary N) is 1. The van der Waals surface area contributed by atoms with Gasteiger partial charge in [-0.2, -0.15) is 0 Å². The van der Waals surface area contributed by atoms with Crippen LogP contribution in [0.5, 0.6) is 11.5 Å². The van der Waals surface area contributed by atoms with Gasteiger partial charge >= 0.3 is 5.97 Å². The average molecular weight is 354 g/mol. The van der Waals surface area contributed by atoms with Crippen LogP contribution in [-0.2, 0) is 17.8 Å². The zero-order valence-corrected chi connectivity index (χ0v) is 13.7. The fourth-order valence-electron chi connectivity index (χ4n) is 2.12. The van der Waals surface area contributed by atoms with Crippen LogP contribution in [0.1, 0.15) is 11.1 Å². The van der Waals surface area contributed by atoms with Gasteiger partial charge in [0.05, 0.1) is 12.1 Å². The molecular weight excluding hydrogens is 337 g/mol. The molecule has 24 heavy (non-hydrogen) atoms. The van der Waals surface area contributed by atoms with Crippen molar-refractivity contribution >= 4 is 17.6 Å². The number of methoxy groups -OCH3 is 1. The highest BCUT2D eigenvalue weighted by Gasteiger charge is 2.15. The number of aliphatic carboxylic acids is 1. The molecule has 2 aromatic carbocycles. The normalized spacial score (nSPS) is 11.8. The van der Waals surface area contributed by atoms with E-state index < -0.39 is 17.8 Å². The fraction of sp³-hybridized carbons (Fsp3) is 0.235. The molecule has 5 nitrogen and oxygen atoms in total. The topological polar surface area (TPSA) is 81.8 Å². The quantitative estimate of drug-likeness (QED) is 0.799. The number of hydrogen-bond donors (Lipinski definition) is 2. The van der Waals surface area contributed by atoms with E-state index >= 15 is 0 Å². The van der Waals surface area contributed by atoms with Gasteiger partial charge < -0.3 is 20.3 Å². The number of carbonyl (C=O) groups is 1. The highest BCUT2D eigenvalue weighted by atomic mass is 35.5. The van der Waals surface area contributed by atoms with Crippen LogP contribution in [0.3, 0.4) is 0 Å². The lowest BCUT2D eigenvalue weighted by Crippen LogP contribution is -2.32. The van der Waals surface area contributed by atoms with Crippen LogP contribution < -0.4 is 15.2 Å². The Morgan fingerprint density at radius 3 is 2.71 bits per heavy atom. The molecule has 0 saturated heterocycles. The summed E-state index contributed by atoms with van der Waals surface area (Å²) in [6.45, 7) is -0.0597. The molecule has 2 aromatic rings. The minimum Gasteiger partial charge on any atom is -0.493 e. The van der Waals surface area contributed by atoms with Crippen LogP contribution in [0.15, 0.2) is 36.4 Å². The molecule has 0 bridgehead atoms. The molecule has 0 fully saturated rings. The molecule has 2 rings (SSSR count). The summed E-state index contributed by atoms with van der Waals surface area (Å²) in [6, 6.07) is 8.35. The molecule has 1 atom stereocenters. The minimum atomic E-state index is -1.08. The smallest absolute Gasteiger partial charge is 0.320 e. The van der Waals surface area contributed by atoms with Crippen molar-refractivity contribution < 1.29 is 23.8 Å². The predicted octanol–water partition coefficient (Wildman–Crippen LogP) is 3.02. The maximum atomic E-state index is 13.8. The second-order valence-corrected chi connectivity index (χ2v) is 5.53. The van der Waals surface area contributed by atoms with Crippen LogP contribution in [0.25, 0.3) is 0 Å². The largest absolute Gasteiger partial charge is 0.493 e. The highest BCUT2D eigenvalue weighted by molar-refractivity contribution is 6.31. The molecule has 7 heteroatoms. The van der Waals surface area contributed by atoms with Crippen molar-refractivity contribution in [3.05, 3.63) is 58.4 Å². The van der Waals surface area contributed by atoms with Gasteiger partial charge in [0, 0.05) is 5.56 Å². The van der Waals surface area contributed by atoms with Gasteiger partial charge in [-0.3, -0.25) is 4.79 Å². The third kappa shape index (κ3) is 4.37. The number of benzene rings is 2. The third-order valence-electron chi connectivity index (χ3n) is 3.43. The Hall–Kier alpha value is -2.31. The summed E-state index contributed by atoms with van der Waals surface area (Å²) < 4.78 is 24.6. The number of hydrogen-bond acceptors (Lipinski definition) is 4. The summed E-state index contributed by atoms with van der Waals surface area (Å²) in [6.07, 6.45) is 0.158. The number of carboxylic acid groups (broad SMARTS) is 1. The molecule has 0 aliphatic carbocycles. The van der Waals surface area contributed by atoms with Crippen LogP contribution in [-0.4, -0.2) is 24.2 Å². The van der Waals surface area contributed by atoms with E-state index in [-0.39, 0.29) is 23.6 Å². The van der Waals surface area contributed by atoms with Crippen molar-refractivity contribution in [2.45, 2.75) is 19.1 Å². The van der Waals surface area contributed by atoms with Gasteiger partial charge in [0.1, 0.15) is 18.5 Å². The molecule has 0 saturated carbocycles. The first kappa shape index (κ1) is 18.0. The molecular formula is C17H17ClFNO4. The van der Waals surface area contributed by atoms with E-state index in [4.69, 9.17) is 31.9 Å². The molecule has 0 aliphatic rings. The minimum absolute atomic E-state index is 0.0597. The van der Waals surface area contributed by atoms with Gasteiger partial charge in [-0.1, -0.05) is 23.7 Å². The first-order valence-electron chi connectivity index (χ1n) is 7.13. The van der Waals surface area contributed by atoms with Crippen LogP contribution in [0, 0.1) is 5.82 Å². The van der Waals surface area contributed by atoms with Crippen LogP contribution >= 0.6 is 11.6 Å². The summed E-state index contributed by atoms with van der Waals surface area (Å²) >= 11 is 5.96. The first-order valence-corrected chi connectivity index (χ1v) is 7.51. The Morgan fingerprint density at radius 1 is 1.33 bits per heavy atom. The molecule has 0 radical (unpaired) electrons. The Labute approximate surface area is 143 Å². The van der Waals surface area contributed by atoms with E-state index in [1.54, 1.807) is 24.3 Å². The maximum absolute atomic E-state index is 13.8. The van der Waals surface area contributed by atoms with Gasteiger partial charge in [-0.05, 0) is 36.2 Å². The summed E-state index contributed by atoms with van der Waals surface area (Å²) in [7, 11) is 1.46. The number of ether oxygens (including phenoxy) is 2. The third-order valence-corrected chi connectivity index (χ3v) is 3.79. The first-order chi connectivity index (χ1) is 11.4. The molecule has 0 spiro atoms. The van der Waals surface area contributed by atoms with Crippen molar-refractivity contribution in [2.24, 2.45) is 5.73 Å². The highest BCUT2D eigenvalue weighted by Crippen LogP contribution is 2.30. The predicted molar refractivity (Wildman–Crippen MR) is 88.1 cm³/mol. The van der Waals surface area contributed by atoms with Gasteiger partial charge in [-0.25, -0.2) is 4.39 Å². The van der Waals surface area contributed by atoms with Crippen LogP contribution in [0.4, 0.5) is 4.39 Å². The molecule has 3 N–H and O–H groups in total. The molecule has 0 aliphatic heterocycles. The van der Waals surface area contributed by atoms with Crippen molar-refractivity contribution in [1.82, 2.24) is 0 Å². The summed E-state index contributed by atoms with van der Waals surface area (Å²) in [5.74, 6) is -0.740. The lowest BCUT2D eigenvalue weighted by Gasteiger charge is -2.14. The second-order valence-electron chi connectivity index (χ2n) is 5.12. The maximum Gasteiger partial charge on any atom is 0.320 e. The summed E-state index contributed by atoms with van der Waals surface area (Å²) in [4.78, 5) is 10.8. The van der Waals surface area contributed by atoms with Gasteiger partial charge in [0.25, 0.3) is 0 Å². The van der Waals surface area contributed by atoms with Gasteiger partial charge in [0.15, 0.2) is 11.5 Å². The Balaban J connectivity index is 2.14. The second kappa shape index (κ2) is 7.99. The summed E-state index contributed by atoms with van der Waals surface area (Å²) in [5.41, 5.74) is 6.46. The Kier molecular flexibility index (Phi) is 6.00. The van der Waals surface area contributed by atoms with E-state index in [0.717, 1.165) is 0 Å². The standard InChI is InChI=1S/C17H17ClFNO4/c1-23-16-8-10(7-14(20)17(21)22)5-6-15(16)24-9-11-12(18)3-2-4-13(11)19/h2-6,8,14H,7,9,20H2,1H3,(H,21,22). The van der Waals surface area contributed by atoms with E-state index in [1.807, 2.05) is 0 Å². The van der Waals surface area contributed by atoms with Gasteiger partial charge in [0.2, 0.25) is 0 Å². The SMILES string of the molecule is COc1cc(CC(N)C(=O)O)ccc1OCc1c(F)cccc1Cl. The van der Waals surface area contributed by atoms with Crippen molar-refractivity contribution in [2.75, 3.05) is 7.11 Å².